The second-order valence-electron chi connectivity index (χ2n) is 5.56. The van der Waals surface area contributed by atoms with Gasteiger partial charge in [0.2, 0.25) is 0 Å². The Morgan fingerprint density at radius 2 is 1.80 bits per heavy atom. The molecular weight excluding hydrogens is 244 g/mol. The number of nitriles is 1. The number of benzene rings is 1. The van der Waals surface area contributed by atoms with Crippen molar-refractivity contribution in [1.29, 1.82) is 5.26 Å². The van der Waals surface area contributed by atoms with Crippen molar-refractivity contribution in [3.05, 3.63) is 41.5 Å². The Balaban J connectivity index is 0.000000704. The summed E-state index contributed by atoms with van der Waals surface area (Å²) in [5.74, 6) is 0. The first kappa shape index (κ1) is 14.8. The Bertz CT molecular complexity index is 529. The van der Waals surface area contributed by atoms with Crippen molar-refractivity contribution in [2.75, 3.05) is 20.1 Å². The van der Waals surface area contributed by atoms with Crippen molar-refractivity contribution < 1.29 is 0 Å². The molecule has 1 aliphatic heterocycles. The molecule has 20 heavy (non-hydrogen) atoms. The minimum atomic E-state index is 0.281. The van der Waals surface area contributed by atoms with Crippen molar-refractivity contribution in [2.45, 2.75) is 38.5 Å². The topological polar surface area (TPSA) is 27.0 Å². The fraction of sp³-hybridized carbons (Fsp3) is 0.500. The van der Waals surface area contributed by atoms with Crippen LogP contribution in [0.5, 0.6) is 0 Å². The molecule has 1 heterocycles. The van der Waals surface area contributed by atoms with Crippen LogP contribution >= 0.6 is 0 Å². The monoisotopic (exact) mass is 268 g/mol. The van der Waals surface area contributed by atoms with Gasteiger partial charge < -0.3 is 4.90 Å². The highest BCUT2D eigenvalue weighted by Crippen LogP contribution is 2.45. The van der Waals surface area contributed by atoms with E-state index in [9.17, 15) is 5.26 Å². The van der Waals surface area contributed by atoms with E-state index >= 15 is 0 Å². The predicted molar refractivity (Wildman–Crippen MR) is 84.4 cm³/mol. The SMILES string of the molecule is CC.CN1CCC2(CC=C(C#N)c3ccccc32)CC1. The molecule has 1 aromatic carbocycles. The molecule has 106 valence electrons. The van der Waals surface area contributed by atoms with Gasteiger partial charge in [0.25, 0.3) is 0 Å². The highest BCUT2D eigenvalue weighted by Gasteiger charge is 2.38. The van der Waals surface area contributed by atoms with E-state index in [1.54, 1.807) is 0 Å². The van der Waals surface area contributed by atoms with E-state index in [-0.39, 0.29) is 5.41 Å². The van der Waals surface area contributed by atoms with Gasteiger partial charge in [0.1, 0.15) is 0 Å². The van der Waals surface area contributed by atoms with Crippen molar-refractivity contribution >= 4 is 5.57 Å². The summed E-state index contributed by atoms with van der Waals surface area (Å²) in [6.07, 6.45) is 5.58. The molecule has 0 aromatic heterocycles. The number of rotatable bonds is 0. The maximum absolute atomic E-state index is 9.24. The Hall–Kier alpha value is -1.59. The highest BCUT2D eigenvalue weighted by atomic mass is 15.1. The molecule has 0 amide bonds. The first-order valence-electron chi connectivity index (χ1n) is 7.64. The molecule has 0 N–H and O–H groups in total. The zero-order valence-electron chi connectivity index (χ0n) is 12.8. The van der Waals surface area contributed by atoms with E-state index < -0.39 is 0 Å². The Morgan fingerprint density at radius 1 is 1.15 bits per heavy atom. The van der Waals surface area contributed by atoms with Gasteiger partial charge in [0.05, 0.1) is 11.6 Å². The van der Waals surface area contributed by atoms with Crippen molar-refractivity contribution in [3.8, 4) is 6.07 Å². The van der Waals surface area contributed by atoms with Crippen LogP contribution in [0, 0.1) is 11.3 Å². The lowest BCUT2D eigenvalue weighted by atomic mass is 9.65. The van der Waals surface area contributed by atoms with Crippen LogP contribution in [-0.4, -0.2) is 25.0 Å². The molecular formula is C18H24N2. The molecule has 1 aromatic rings. The average Bonchev–Trinajstić information content (AvgIpc) is 2.53. The van der Waals surface area contributed by atoms with Gasteiger partial charge in [0, 0.05) is 5.41 Å². The van der Waals surface area contributed by atoms with Crippen LogP contribution in [0.15, 0.2) is 30.3 Å². The second-order valence-corrected chi connectivity index (χ2v) is 5.56. The molecule has 1 fully saturated rings. The van der Waals surface area contributed by atoms with Crippen molar-refractivity contribution in [1.82, 2.24) is 4.90 Å². The van der Waals surface area contributed by atoms with Gasteiger partial charge in [-0.2, -0.15) is 5.26 Å². The zero-order chi connectivity index (χ0) is 14.6. The van der Waals surface area contributed by atoms with Gasteiger partial charge >= 0.3 is 0 Å². The van der Waals surface area contributed by atoms with E-state index in [1.807, 2.05) is 19.9 Å². The van der Waals surface area contributed by atoms with E-state index in [1.165, 1.54) is 18.4 Å². The number of hydrogen-bond donors (Lipinski definition) is 0. The third kappa shape index (κ3) is 2.51. The largest absolute Gasteiger partial charge is 0.306 e. The molecule has 1 spiro atoms. The molecule has 1 saturated heterocycles. The molecule has 0 unspecified atom stereocenters. The van der Waals surface area contributed by atoms with E-state index in [0.717, 1.165) is 30.6 Å². The number of fused-ring (bicyclic) bond motifs is 2. The minimum Gasteiger partial charge on any atom is -0.306 e. The number of piperidine rings is 1. The number of hydrogen-bond acceptors (Lipinski definition) is 2. The summed E-state index contributed by atoms with van der Waals surface area (Å²) in [6.45, 7) is 6.31. The lowest BCUT2D eigenvalue weighted by molar-refractivity contribution is 0.187. The van der Waals surface area contributed by atoms with Crippen LogP contribution in [-0.2, 0) is 5.41 Å². The van der Waals surface area contributed by atoms with Crippen LogP contribution in [0.1, 0.15) is 44.2 Å². The summed E-state index contributed by atoms with van der Waals surface area (Å²) >= 11 is 0. The summed E-state index contributed by atoms with van der Waals surface area (Å²) in [7, 11) is 2.19. The Morgan fingerprint density at radius 3 is 2.45 bits per heavy atom. The maximum atomic E-state index is 9.24. The number of nitrogens with zero attached hydrogens (tertiary/aromatic N) is 2. The van der Waals surface area contributed by atoms with Gasteiger partial charge in [-0.3, -0.25) is 0 Å². The van der Waals surface area contributed by atoms with E-state index in [4.69, 9.17) is 0 Å². The molecule has 2 aliphatic rings. The molecule has 2 heteroatoms. The highest BCUT2D eigenvalue weighted by molar-refractivity contribution is 5.81. The summed E-state index contributed by atoms with van der Waals surface area (Å²) in [6, 6.07) is 10.8. The van der Waals surface area contributed by atoms with Gasteiger partial charge in [-0.1, -0.05) is 44.2 Å². The number of likely N-dealkylation sites (tertiary alicyclic amines) is 1. The Labute approximate surface area is 122 Å². The molecule has 0 saturated carbocycles. The zero-order valence-corrected chi connectivity index (χ0v) is 12.8. The van der Waals surface area contributed by atoms with Crippen LogP contribution in [0.25, 0.3) is 5.57 Å². The van der Waals surface area contributed by atoms with Crippen LogP contribution in [0.3, 0.4) is 0 Å². The van der Waals surface area contributed by atoms with E-state index in [2.05, 4.69) is 42.3 Å². The van der Waals surface area contributed by atoms with Gasteiger partial charge in [-0.05, 0) is 50.5 Å². The standard InChI is InChI=1S/C16H18N2.C2H6/c1-18-10-8-16(9-11-18)7-6-13(12-17)14-4-2-3-5-15(14)16;1-2/h2-6H,7-11H2,1H3;1-2H3. The lowest BCUT2D eigenvalue weighted by Gasteiger charge is -2.43. The minimum absolute atomic E-state index is 0.281. The third-order valence-electron chi connectivity index (χ3n) is 4.55. The summed E-state index contributed by atoms with van der Waals surface area (Å²) in [5, 5.41) is 9.24. The van der Waals surface area contributed by atoms with Gasteiger partial charge in [-0.25, -0.2) is 0 Å². The fourth-order valence-corrected chi connectivity index (χ4v) is 3.32. The van der Waals surface area contributed by atoms with E-state index in [0.29, 0.717) is 0 Å². The second kappa shape index (κ2) is 6.24. The third-order valence-corrected chi connectivity index (χ3v) is 4.55. The van der Waals surface area contributed by atoms with Crippen LogP contribution in [0.2, 0.25) is 0 Å². The van der Waals surface area contributed by atoms with Gasteiger partial charge in [0.15, 0.2) is 0 Å². The molecule has 1 aliphatic carbocycles. The molecule has 3 rings (SSSR count). The Kier molecular flexibility index (Phi) is 4.62. The first-order chi connectivity index (χ1) is 9.75. The van der Waals surface area contributed by atoms with Crippen LogP contribution in [0.4, 0.5) is 0 Å². The summed E-state index contributed by atoms with van der Waals surface area (Å²) < 4.78 is 0. The molecule has 0 radical (unpaired) electrons. The van der Waals surface area contributed by atoms with Crippen LogP contribution < -0.4 is 0 Å². The molecule has 0 bridgehead atoms. The average molecular weight is 268 g/mol. The molecule has 2 nitrogen and oxygen atoms in total. The summed E-state index contributed by atoms with van der Waals surface area (Å²) in [5.41, 5.74) is 3.70. The smallest absolute Gasteiger partial charge is 0.0994 e. The lowest BCUT2D eigenvalue weighted by Crippen LogP contribution is -2.42. The number of allylic oxidation sites excluding steroid dienone is 2. The normalized spacial score (nSPS) is 20.2. The first-order valence-corrected chi connectivity index (χ1v) is 7.64. The van der Waals surface area contributed by atoms with Crippen molar-refractivity contribution in [3.63, 3.8) is 0 Å². The fourth-order valence-electron chi connectivity index (χ4n) is 3.32. The maximum Gasteiger partial charge on any atom is 0.0994 e. The summed E-state index contributed by atoms with van der Waals surface area (Å²) in [4.78, 5) is 2.40. The van der Waals surface area contributed by atoms with Gasteiger partial charge in [-0.15, -0.1) is 0 Å². The van der Waals surface area contributed by atoms with Crippen molar-refractivity contribution in [2.24, 2.45) is 0 Å². The quantitative estimate of drug-likeness (QED) is 0.711. The molecule has 0 atom stereocenters. The predicted octanol–water partition coefficient (Wildman–Crippen LogP) is 3.99.